The van der Waals surface area contributed by atoms with Crippen molar-refractivity contribution in [2.45, 2.75) is 75.8 Å². The summed E-state index contributed by atoms with van der Waals surface area (Å²) >= 11 is 0. The van der Waals surface area contributed by atoms with Crippen LogP contribution >= 0.6 is 0 Å². The van der Waals surface area contributed by atoms with E-state index in [0.717, 1.165) is 37.9 Å². The van der Waals surface area contributed by atoms with Gasteiger partial charge in [0.15, 0.2) is 0 Å². The third-order valence-corrected chi connectivity index (χ3v) is 9.31. The number of nitrogens with zero attached hydrogens (tertiary/aromatic N) is 3. The summed E-state index contributed by atoms with van der Waals surface area (Å²) in [5, 5.41) is 15.3. The summed E-state index contributed by atoms with van der Waals surface area (Å²) in [6, 6.07) is 5.11. The molecule has 3 atom stereocenters. The highest BCUT2D eigenvalue weighted by atomic mass is 32.2. The van der Waals surface area contributed by atoms with Gasteiger partial charge in [0.1, 0.15) is 5.75 Å². The van der Waals surface area contributed by atoms with Gasteiger partial charge in [-0.15, -0.1) is 0 Å². The second-order valence-electron chi connectivity index (χ2n) is 10.8. The number of amides is 1. The normalized spacial score (nSPS) is 23.3. The van der Waals surface area contributed by atoms with Gasteiger partial charge in [0.05, 0.1) is 23.8 Å². The Morgan fingerprint density at radius 3 is 2.67 bits per heavy atom. The number of nitrogens with two attached hydrogens (primary N) is 1. The largest absolute Gasteiger partial charge is 0.496 e. The minimum Gasteiger partial charge on any atom is -0.496 e. The van der Waals surface area contributed by atoms with Crippen LogP contribution in [0, 0.1) is 5.92 Å². The number of hydrogen-bond donors (Lipinski definition) is 3. The molecule has 1 unspecified atom stereocenters. The summed E-state index contributed by atoms with van der Waals surface area (Å²) in [5.74, 6) is 0.817. The van der Waals surface area contributed by atoms with Crippen LogP contribution in [0.2, 0.25) is 0 Å². The van der Waals surface area contributed by atoms with Crippen molar-refractivity contribution in [3.05, 3.63) is 41.2 Å². The smallest absolute Gasteiger partial charge is 0.255 e. The molecule has 11 heteroatoms. The van der Waals surface area contributed by atoms with Crippen LogP contribution in [0.25, 0.3) is 0 Å². The monoisotopic (exact) mass is 560 g/mol. The molecular weight excluding hydrogens is 516 g/mol. The van der Waals surface area contributed by atoms with E-state index in [1.165, 1.54) is 81.8 Å². The highest BCUT2D eigenvalue weighted by Gasteiger charge is 2.35. The van der Waals surface area contributed by atoms with Crippen LogP contribution in [0.15, 0.2) is 29.3 Å². The Bertz CT molecular complexity index is 1210. The van der Waals surface area contributed by atoms with Gasteiger partial charge >= 0.3 is 0 Å². The molecule has 10 nitrogen and oxygen atoms in total. The van der Waals surface area contributed by atoms with E-state index in [1.54, 1.807) is 0 Å². The highest BCUT2D eigenvalue weighted by molar-refractivity contribution is 7.89. The lowest BCUT2D eigenvalue weighted by Gasteiger charge is -2.43. The zero-order chi connectivity index (χ0) is 28.0. The van der Waals surface area contributed by atoms with Crippen LogP contribution in [0.1, 0.15) is 67.6 Å². The number of H-pyrrole nitrogens is 1. The minimum absolute atomic E-state index is 0.112. The molecule has 2 aliphatic heterocycles. The molecule has 3 aliphatic rings. The number of rotatable bonds is 8. The Morgan fingerprint density at radius 1 is 1.18 bits per heavy atom. The molecular formula is C28H44N6O4S. The van der Waals surface area contributed by atoms with Crippen molar-refractivity contribution in [1.82, 2.24) is 25.3 Å². The Balaban J connectivity index is 0.000000192. The Kier molecular flexibility index (Phi) is 10.0. The van der Waals surface area contributed by atoms with E-state index in [2.05, 4.69) is 39.2 Å². The zero-order valence-electron chi connectivity index (χ0n) is 23.5. The summed E-state index contributed by atoms with van der Waals surface area (Å²) in [5.41, 5.74) is 3.03. The summed E-state index contributed by atoms with van der Waals surface area (Å²) in [4.78, 5) is 17.3. The van der Waals surface area contributed by atoms with Crippen molar-refractivity contribution in [1.29, 1.82) is 0 Å². The van der Waals surface area contributed by atoms with Gasteiger partial charge in [0, 0.05) is 24.3 Å². The van der Waals surface area contributed by atoms with Crippen LogP contribution in [-0.4, -0.2) is 86.2 Å². The Labute approximate surface area is 232 Å². The maximum Gasteiger partial charge on any atom is 0.255 e. The van der Waals surface area contributed by atoms with E-state index < -0.39 is 10.0 Å². The standard InChI is InChI=1S/C15H23N3O4S.C13H21N3/c1-3-18-8-4-5-11(18)10-17-15(19)13-9-12(23(16,20)21)6-7-14(13)22-2;1-2-5-16-6-3-4-10-7-12-11(8-13(10)16)9-14-15-12/h6-7,9,11H,3-5,8,10H2,1-2H3,(H,17,19)(H2,16,20,21);9-10,13H,2-8H2,1H3,(H,14,15)/t;10-,13-/m.1/s1. The molecule has 2 saturated heterocycles. The van der Waals surface area contributed by atoms with E-state index in [4.69, 9.17) is 9.88 Å². The fourth-order valence-electron chi connectivity index (χ4n) is 6.38. The number of nitrogens with one attached hydrogen (secondary N) is 2. The molecule has 0 bridgehead atoms. The highest BCUT2D eigenvalue weighted by Crippen LogP contribution is 2.34. The average molecular weight is 561 g/mol. The number of hydrogen-bond acceptors (Lipinski definition) is 7. The predicted octanol–water partition coefficient (Wildman–Crippen LogP) is 2.56. The second kappa shape index (κ2) is 13.3. The molecule has 1 aromatic carbocycles. The summed E-state index contributed by atoms with van der Waals surface area (Å²) < 4.78 is 28.1. The lowest BCUT2D eigenvalue weighted by Crippen LogP contribution is -2.49. The molecule has 216 valence electrons. The summed E-state index contributed by atoms with van der Waals surface area (Å²) in [6.07, 6.45) is 10.7. The van der Waals surface area contributed by atoms with E-state index >= 15 is 0 Å². The number of fused-ring (bicyclic) bond motifs is 2. The predicted molar refractivity (Wildman–Crippen MR) is 151 cm³/mol. The zero-order valence-corrected chi connectivity index (χ0v) is 24.3. The fraction of sp³-hybridized carbons (Fsp3) is 0.643. The van der Waals surface area contributed by atoms with Gasteiger partial charge in [-0.05, 0) is 101 Å². The molecule has 5 rings (SSSR count). The molecule has 2 aromatic rings. The number of sulfonamides is 1. The maximum absolute atomic E-state index is 12.4. The number of benzene rings is 1. The molecule has 39 heavy (non-hydrogen) atoms. The number of aromatic amines is 1. The molecule has 1 amide bonds. The van der Waals surface area contributed by atoms with E-state index in [-0.39, 0.29) is 16.4 Å². The van der Waals surface area contributed by atoms with Crippen molar-refractivity contribution in [3.8, 4) is 5.75 Å². The number of likely N-dealkylation sites (N-methyl/N-ethyl adjacent to an activating group) is 1. The van der Waals surface area contributed by atoms with Crippen LogP contribution in [0.4, 0.5) is 0 Å². The quantitative estimate of drug-likeness (QED) is 0.452. The lowest BCUT2D eigenvalue weighted by atomic mass is 9.77. The fourth-order valence-corrected chi connectivity index (χ4v) is 6.92. The third-order valence-electron chi connectivity index (χ3n) is 8.39. The van der Waals surface area contributed by atoms with Crippen molar-refractivity contribution in [2.24, 2.45) is 11.1 Å². The first kappa shape index (κ1) is 29.5. The molecule has 4 N–H and O–H groups in total. The van der Waals surface area contributed by atoms with Gasteiger partial charge in [-0.25, -0.2) is 13.6 Å². The second-order valence-corrected chi connectivity index (χ2v) is 12.4. The van der Waals surface area contributed by atoms with Crippen molar-refractivity contribution >= 4 is 15.9 Å². The molecule has 2 fully saturated rings. The maximum atomic E-state index is 12.4. The SMILES string of the molecule is CCCN1CCC[C@@H]2Cc3[nH]ncc3C[C@H]21.CCN1CCCC1CNC(=O)c1cc(S(N)(=O)=O)ccc1OC. The molecule has 3 heterocycles. The van der Waals surface area contributed by atoms with Crippen molar-refractivity contribution in [2.75, 3.05) is 39.8 Å². The van der Waals surface area contributed by atoms with Crippen LogP contribution in [0.3, 0.4) is 0 Å². The number of piperidine rings is 1. The molecule has 0 radical (unpaired) electrons. The van der Waals surface area contributed by atoms with Gasteiger partial charge < -0.3 is 10.1 Å². The van der Waals surface area contributed by atoms with Crippen molar-refractivity contribution in [3.63, 3.8) is 0 Å². The lowest BCUT2D eigenvalue weighted by molar-refractivity contribution is 0.0850. The van der Waals surface area contributed by atoms with E-state index in [9.17, 15) is 13.2 Å². The van der Waals surface area contributed by atoms with Gasteiger partial charge in [-0.1, -0.05) is 13.8 Å². The summed E-state index contributed by atoms with van der Waals surface area (Å²) in [7, 11) is -2.44. The number of likely N-dealkylation sites (tertiary alicyclic amines) is 2. The van der Waals surface area contributed by atoms with Crippen LogP contribution < -0.4 is 15.2 Å². The number of methoxy groups -OCH3 is 1. The number of primary sulfonamides is 1. The van der Waals surface area contributed by atoms with E-state index in [0.29, 0.717) is 18.3 Å². The first-order valence-electron chi connectivity index (χ1n) is 14.2. The first-order valence-corrected chi connectivity index (χ1v) is 15.8. The topological polar surface area (TPSA) is 134 Å². The molecule has 0 saturated carbocycles. The molecule has 1 aliphatic carbocycles. The number of carbonyl (C=O) groups excluding carboxylic acids is 1. The number of ether oxygens (including phenoxy) is 1. The molecule has 1 aromatic heterocycles. The van der Waals surface area contributed by atoms with Gasteiger partial charge in [0.2, 0.25) is 10.0 Å². The number of carbonyl (C=O) groups is 1. The van der Waals surface area contributed by atoms with E-state index in [1.807, 2.05) is 6.20 Å². The van der Waals surface area contributed by atoms with Crippen LogP contribution in [0.5, 0.6) is 5.75 Å². The molecule has 0 spiro atoms. The number of aromatic nitrogens is 2. The summed E-state index contributed by atoms with van der Waals surface area (Å²) in [6.45, 7) is 9.48. The third kappa shape index (κ3) is 7.19. The van der Waals surface area contributed by atoms with Gasteiger partial charge in [-0.2, -0.15) is 5.10 Å². The minimum atomic E-state index is -3.87. The first-order chi connectivity index (χ1) is 18.7. The van der Waals surface area contributed by atoms with Gasteiger partial charge in [-0.3, -0.25) is 19.7 Å². The average Bonchev–Trinajstić information content (AvgIpc) is 3.59. The van der Waals surface area contributed by atoms with Crippen molar-refractivity contribution < 1.29 is 17.9 Å². The Hall–Kier alpha value is -2.47. The van der Waals surface area contributed by atoms with Crippen LogP contribution in [-0.2, 0) is 22.9 Å². The van der Waals surface area contributed by atoms with Gasteiger partial charge in [0.25, 0.3) is 5.91 Å². The Morgan fingerprint density at radius 2 is 1.95 bits per heavy atom.